The van der Waals surface area contributed by atoms with Crippen LogP contribution in [0.5, 0.6) is 5.75 Å². The topological polar surface area (TPSA) is 62.4 Å². The van der Waals surface area contributed by atoms with E-state index in [0.29, 0.717) is 18.5 Å². The molecule has 1 aliphatic rings. The molecule has 4 aromatic rings. The van der Waals surface area contributed by atoms with Crippen LogP contribution in [-0.4, -0.2) is 36.0 Å². The minimum absolute atomic E-state index is 0.0439. The standard InChI is InChI=1S/C29H28N2O3/c1-19-24(20-10-12-23(34-2)13-11-20)8-5-9-25(19)29(33)31-16-14-21(15-17-31)27-18-22-6-3-4-7-26(22)28(32)30-27/h3-13,18,21H,14-17H2,1-2H3,(H,30,32). The lowest BCUT2D eigenvalue weighted by Crippen LogP contribution is -2.38. The average molecular weight is 453 g/mol. The van der Waals surface area contributed by atoms with Gasteiger partial charge in [0.25, 0.3) is 11.5 Å². The number of piperidine rings is 1. The van der Waals surface area contributed by atoms with Crippen LogP contribution in [-0.2, 0) is 0 Å². The molecule has 3 aromatic carbocycles. The molecule has 1 aromatic heterocycles. The highest BCUT2D eigenvalue weighted by Crippen LogP contribution is 2.31. The SMILES string of the molecule is COc1ccc(-c2cccc(C(=O)N3CCC(c4cc5ccccc5c(=O)[nH]4)CC3)c2C)cc1. The number of fused-ring (bicyclic) bond motifs is 1. The summed E-state index contributed by atoms with van der Waals surface area (Å²) in [6.45, 7) is 3.36. The Balaban J connectivity index is 1.33. The number of pyridine rings is 1. The van der Waals surface area contributed by atoms with Crippen molar-refractivity contribution < 1.29 is 9.53 Å². The molecule has 1 N–H and O–H groups in total. The number of hydrogen-bond acceptors (Lipinski definition) is 3. The average Bonchev–Trinajstić information content (AvgIpc) is 2.88. The van der Waals surface area contributed by atoms with Crippen molar-refractivity contribution in [1.29, 1.82) is 0 Å². The van der Waals surface area contributed by atoms with E-state index >= 15 is 0 Å². The molecule has 2 heterocycles. The first-order valence-corrected chi connectivity index (χ1v) is 11.7. The summed E-state index contributed by atoms with van der Waals surface area (Å²) in [6.07, 6.45) is 1.66. The predicted molar refractivity (Wildman–Crippen MR) is 136 cm³/mol. The van der Waals surface area contributed by atoms with E-state index in [9.17, 15) is 9.59 Å². The molecule has 0 saturated carbocycles. The van der Waals surface area contributed by atoms with Gasteiger partial charge in [-0.05, 0) is 72.2 Å². The first-order valence-electron chi connectivity index (χ1n) is 11.7. The summed E-state index contributed by atoms with van der Waals surface area (Å²) >= 11 is 0. The number of aromatic amines is 1. The Labute approximate surface area is 199 Å². The lowest BCUT2D eigenvalue weighted by Gasteiger charge is -2.32. The van der Waals surface area contributed by atoms with Crippen molar-refractivity contribution in [2.45, 2.75) is 25.7 Å². The third-order valence-corrected chi connectivity index (χ3v) is 6.96. The zero-order valence-corrected chi connectivity index (χ0v) is 19.5. The van der Waals surface area contributed by atoms with E-state index in [1.807, 2.05) is 72.5 Å². The molecule has 0 spiro atoms. The van der Waals surface area contributed by atoms with Crippen LogP contribution in [0.3, 0.4) is 0 Å². The van der Waals surface area contributed by atoms with Crippen molar-refractivity contribution in [2.75, 3.05) is 20.2 Å². The molecule has 5 heteroatoms. The van der Waals surface area contributed by atoms with Crippen LogP contribution >= 0.6 is 0 Å². The molecule has 0 unspecified atom stereocenters. The Hall–Kier alpha value is -3.86. The highest BCUT2D eigenvalue weighted by molar-refractivity contribution is 5.97. The number of methoxy groups -OCH3 is 1. The largest absolute Gasteiger partial charge is 0.497 e. The van der Waals surface area contributed by atoms with Gasteiger partial charge in [0, 0.05) is 35.7 Å². The Morgan fingerprint density at radius 2 is 1.71 bits per heavy atom. The first-order chi connectivity index (χ1) is 16.5. The Morgan fingerprint density at radius 3 is 2.44 bits per heavy atom. The monoisotopic (exact) mass is 452 g/mol. The van der Waals surface area contributed by atoms with Crippen molar-refractivity contribution in [3.05, 3.63) is 100.0 Å². The van der Waals surface area contributed by atoms with Crippen molar-refractivity contribution in [1.82, 2.24) is 9.88 Å². The van der Waals surface area contributed by atoms with Gasteiger partial charge in [-0.2, -0.15) is 0 Å². The van der Waals surface area contributed by atoms with Crippen molar-refractivity contribution in [3.8, 4) is 16.9 Å². The van der Waals surface area contributed by atoms with E-state index in [1.54, 1.807) is 7.11 Å². The van der Waals surface area contributed by atoms with Crippen LogP contribution in [0.4, 0.5) is 0 Å². The quantitative estimate of drug-likeness (QED) is 0.443. The van der Waals surface area contributed by atoms with Gasteiger partial charge in [0.15, 0.2) is 0 Å². The summed E-state index contributed by atoms with van der Waals surface area (Å²) in [5.74, 6) is 1.12. The van der Waals surface area contributed by atoms with Crippen molar-refractivity contribution in [3.63, 3.8) is 0 Å². The van der Waals surface area contributed by atoms with E-state index in [-0.39, 0.29) is 17.4 Å². The van der Waals surface area contributed by atoms with Gasteiger partial charge in [0.1, 0.15) is 5.75 Å². The molecule has 0 aliphatic carbocycles. The number of hydrogen-bond donors (Lipinski definition) is 1. The van der Waals surface area contributed by atoms with E-state index in [0.717, 1.165) is 51.9 Å². The Kier molecular flexibility index (Phi) is 5.93. The van der Waals surface area contributed by atoms with Crippen LogP contribution in [0, 0.1) is 6.92 Å². The summed E-state index contributed by atoms with van der Waals surface area (Å²) in [6, 6.07) is 23.6. The summed E-state index contributed by atoms with van der Waals surface area (Å²) < 4.78 is 5.26. The fourth-order valence-corrected chi connectivity index (χ4v) is 4.97. The molecule has 0 bridgehead atoms. The van der Waals surface area contributed by atoms with Crippen molar-refractivity contribution >= 4 is 16.7 Å². The Morgan fingerprint density at radius 1 is 0.971 bits per heavy atom. The van der Waals surface area contributed by atoms with Crippen LogP contribution in [0.2, 0.25) is 0 Å². The number of carbonyl (C=O) groups excluding carboxylic acids is 1. The highest BCUT2D eigenvalue weighted by atomic mass is 16.5. The van der Waals surface area contributed by atoms with Gasteiger partial charge in [-0.25, -0.2) is 0 Å². The number of nitrogens with zero attached hydrogens (tertiary/aromatic N) is 1. The highest BCUT2D eigenvalue weighted by Gasteiger charge is 2.26. The molecule has 1 amide bonds. The van der Waals surface area contributed by atoms with Gasteiger partial charge >= 0.3 is 0 Å². The second-order valence-electron chi connectivity index (χ2n) is 8.91. The lowest BCUT2D eigenvalue weighted by molar-refractivity contribution is 0.0711. The van der Waals surface area contributed by atoms with E-state index < -0.39 is 0 Å². The van der Waals surface area contributed by atoms with Gasteiger partial charge in [0.2, 0.25) is 0 Å². The number of nitrogens with one attached hydrogen (secondary N) is 1. The normalized spacial score (nSPS) is 14.4. The minimum atomic E-state index is -0.0439. The zero-order chi connectivity index (χ0) is 23.7. The molecular formula is C29H28N2O3. The summed E-state index contributed by atoms with van der Waals surface area (Å²) in [7, 11) is 1.65. The summed E-state index contributed by atoms with van der Waals surface area (Å²) in [4.78, 5) is 30.9. The van der Waals surface area contributed by atoms with E-state index in [1.165, 1.54) is 0 Å². The number of H-pyrrole nitrogens is 1. The van der Waals surface area contributed by atoms with Gasteiger partial charge < -0.3 is 14.6 Å². The smallest absolute Gasteiger partial charge is 0.256 e. The third-order valence-electron chi connectivity index (χ3n) is 6.96. The molecule has 1 aliphatic heterocycles. The van der Waals surface area contributed by atoms with Crippen molar-refractivity contribution in [2.24, 2.45) is 0 Å². The fraction of sp³-hybridized carbons (Fsp3) is 0.241. The number of carbonyl (C=O) groups is 1. The first kappa shape index (κ1) is 22.0. The van der Waals surface area contributed by atoms with Crippen LogP contribution in [0.25, 0.3) is 21.9 Å². The van der Waals surface area contributed by atoms with Crippen LogP contribution in [0.15, 0.2) is 77.6 Å². The van der Waals surface area contributed by atoms with E-state index in [2.05, 4.69) is 17.1 Å². The predicted octanol–water partition coefficient (Wildman–Crippen LogP) is 5.53. The molecule has 5 rings (SSSR count). The van der Waals surface area contributed by atoms with Crippen LogP contribution in [0.1, 0.15) is 40.4 Å². The second kappa shape index (κ2) is 9.18. The number of amides is 1. The summed E-state index contributed by atoms with van der Waals surface area (Å²) in [5.41, 5.74) is 4.76. The number of aromatic nitrogens is 1. The van der Waals surface area contributed by atoms with Gasteiger partial charge in [-0.3, -0.25) is 9.59 Å². The maximum Gasteiger partial charge on any atom is 0.256 e. The second-order valence-corrected chi connectivity index (χ2v) is 8.91. The maximum atomic E-state index is 13.4. The van der Waals surface area contributed by atoms with Gasteiger partial charge in [-0.1, -0.05) is 42.5 Å². The molecule has 1 saturated heterocycles. The maximum absolute atomic E-state index is 13.4. The number of rotatable bonds is 4. The minimum Gasteiger partial charge on any atom is -0.497 e. The fourth-order valence-electron chi connectivity index (χ4n) is 4.97. The van der Waals surface area contributed by atoms with Gasteiger partial charge in [-0.15, -0.1) is 0 Å². The summed E-state index contributed by atoms with van der Waals surface area (Å²) in [5, 5.41) is 1.68. The molecular weight excluding hydrogens is 424 g/mol. The number of ether oxygens (including phenoxy) is 1. The number of likely N-dealkylation sites (tertiary alicyclic amines) is 1. The molecule has 0 radical (unpaired) electrons. The number of benzene rings is 3. The molecule has 172 valence electrons. The third kappa shape index (κ3) is 4.10. The lowest BCUT2D eigenvalue weighted by atomic mass is 9.91. The Bertz CT molecular complexity index is 1400. The molecule has 5 nitrogen and oxygen atoms in total. The molecule has 0 atom stereocenters. The van der Waals surface area contributed by atoms with E-state index in [4.69, 9.17) is 4.74 Å². The van der Waals surface area contributed by atoms with Crippen LogP contribution < -0.4 is 10.3 Å². The molecule has 34 heavy (non-hydrogen) atoms. The van der Waals surface area contributed by atoms with Gasteiger partial charge in [0.05, 0.1) is 7.11 Å². The zero-order valence-electron chi connectivity index (χ0n) is 19.5. The molecule has 1 fully saturated rings.